The first kappa shape index (κ1) is 14.9. The van der Waals surface area contributed by atoms with Gasteiger partial charge in [0.05, 0.1) is 17.4 Å². The van der Waals surface area contributed by atoms with E-state index in [-0.39, 0.29) is 11.3 Å². The molecule has 1 aromatic heterocycles. The van der Waals surface area contributed by atoms with Gasteiger partial charge in [-0.25, -0.2) is 22.0 Å². The summed E-state index contributed by atoms with van der Waals surface area (Å²) in [7, 11) is -4.55. The normalized spacial score (nSPS) is 11.1. The third-order valence-electron chi connectivity index (χ3n) is 2.43. The van der Waals surface area contributed by atoms with Crippen LogP contribution in [0, 0.1) is 11.6 Å². The Morgan fingerprint density at radius 2 is 1.81 bits per heavy atom. The van der Waals surface area contributed by atoms with Crippen molar-refractivity contribution in [3.63, 3.8) is 0 Å². The fraction of sp³-hybridized carbons (Fsp3) is 0. The molecule has 0 saturated heterocycles. The molecule has 0 saturated carbocycles. The standard InChI is InChI=1S/C12H8F2N2O4S/c13-9-2-1-3-10(14)11(9)21(19,20)16-8-4-7(12(17)18)5-15-6-8/h1-6,16H,(H,17,18). The molecule has 0 amide bonds. The van der Waals surface area contributed by atoms with Crippen molar-refractivity contribution in [2.45, 2.75) is 4.90 Å². The summed E-state index contributed by atoms with van der Waals surface area (Å²) in [6.07, 6.45) is 2.02. The summed E-state index contributed by atoms with van der Waals surface area (Å²) in [5.41, 5.74) is -0.498. The van der Waals surface area contributed by atoms with Crippen molar-refractivity contribution in [2.75, 3.05) is 4.72 Å². The highest BCUT2D eigenvalue weighted by molar-refractivity contribution is 7.92. The van der Waals surface area contributed by atoms with Crippen LogP contribution in [0.2, 0.25) is 0 Å². The molecule has 1 heterocycles. The van der Waals surface area contributed by atoms with Gasteiger partial charge in [0.25, 0.3) is 10.0 Å². The number of carbonyl (C=O) groups is 1. The maximum absolute atomic E-state index is 13.5. The van der Waals surface area contributed by atoms with Crippen molar-refractivity contribution in [2.24, 2.45) is 0 Å². The van der Waals surface area contributed by atoms with Crippen molar-refractivity contribution in [3.8, 4) is 0 Å². The zero-order valence-corrected chi connectivity index (χ0v) is 11.1. The average molecular weight is 314 g/mol. The number of carboxylic acid groups (broad SMARTS) is 1. The lowest BCUT2D eigenvalue weighted by Crippen LogP contribution is -2.17. The molecule has 6 nitrogen and oxygen atoms in total. The van der Waals surface area contributed by atoms with Gasteiger partial charge in [-0.05, 0) is 18.2 Å². The van der Waals surface area contributed by atoms with Crippen LogP contribution in [0.15, 0.2) is 41.6 Å². The zero-order chi connectivity index (χ0) is 15.6. The Bertz CT molecular complexity index is 788. The Morgan fingerprint density at radius 1 is 1.19 bits per heavy atom. The molecule has 0 aliphatic heterocycles. The van der Waals surface area contributed by atoms with Crippen molar-refractivity contribution in [1.29, 1.82) is 0 Å². The Morgan fingerprint density at radius 3 is 2.38 bits per heavy atom. The number of hydrogen-bond acceptors (Lipinski definition) is 4. The number of aromatic carboxylic acids is 1. The molecule has 2 aromatic rings. The van der Waals surface area contributed by atoms with E-state index in [0.29, 0.717) is 0 Å². The summed E-state index contributed by atoms with van der Waals surface area (Å²) < 4.78 is 52.8. The highest BCUT2D eigenvalue weighted by atomic mass is 32.2. The van der Waals surface area contributed by atoms with E-state index in [1.165, 1.54) is 0 Å². The minimum Gasteiger partial charge on any atom is -0.478 e. The highest BCUT2D eigenvalue weighted by Gasteiger charge is 2.24. The van der Waals surface area contributed by atoms with Gasteiger partial charge in [-0.2, -0.15) is 0 Å². The van der Waals surface area contributed by atoms with Gasteiger partial charge in [0, 0.05) is 6.20 Å². The van der Waals surface area contributed by atoms with Crippen LogP contribution in [0.5, 0.6) is 0 Å². The summed E-state index contributed by atoms with van der Waals surface area (Å²) in [5.74, 6) is -3.84. The van der Waals surface area contributed by atoms with Gasteiger partial charge in [-0.15, -0.1) is 0 Å². The average Bonchev–Trinajstić information content (AvgIpc) is 2.37. The summed E-state index contributed by atoms with van der Waals surface area (Å²) >= 11 is 0. The summed E-state index contributed by atoms with van der Waals surface area (Å²) in [5, 5.41) is 8.78. The summed E-state index contributed by atoms with van der Waals surface area (Å²) in [6.45, 7) is 0. The molecule has 1 aromatic carbocycles. The van der Waals surface area contributed by atoms with Crippen LogP contribution < -0.4 is 4.72 Å². The SMILES string of the molecule is O=C(O)c1cncc(NS(=O)(=O)c2c(F)cccc2F)c1. The van der Waals surface area contributed by atoms with Crippen LogP contribution in [0.3, 0.4) is 0 Å². The first-order chi connectivity index (χ1) is 9.81. The van der Waals surface area contributed by atoms with Gasteiger partial charge in [0.2, 0.25) is 0 Å². The quantitative estimate of drug-likeness (QED) is 0.898. The van der Waals surface area contributed by atoms with Gasteiger partial charge in [0.15, 0.2) is 4.90 Å². The fourth-order valence-corrected chi connectivity index (χ4v) is 2.73. The Kier molecular flexibility index (Phi) is 3.85. The van der Waals surface area contributed by atoms with E-state index in [0.717, 1.165) is 36.7 Å². The zero-order valence-electron chi connectivity index (χ0n) is 10.2. The molecule has 0 aliphatic carbocycles. The molecule has 0 aliphatic rings. The number of hydrogen-bond donors (Lipinski definition) is 2. The molecule has 2 rings (SSSR count). The second-order valence-electron chi connectivity index (χ2n) is 3.92. The number of anilines is 1. The lowest BCUT2D eigenvalue weighted by Gasteiger charge is -2.09. The monoisotopic (exact) mass is 314 g/mol. The molecule has 0 radical (unpaired) electrons. The van der Waals surface area contributed by atoms with E-state index in [4.69, 9.17) is 5.11 Å². The predicted molar refractivity (Wildman–Crippen MR) is 68.4 cm³/mol. The van der Waals surface area contributed by atoms with E-state index in [1.54, 1.807) is 0 Å². The molecule has 0 spiro atoms. The minimum atomic E-state index is -4.55. The number of carboxylic acids is 1. The number of nitrogens with one attached hydrogen (secondary N) is 1. The number of halogens is 2. The molecule has 9 heteroatoms. The predicted octanol–water partition coefficient (Wildman–Crippen LogP) is 1.86. The fourth-order valence-electron chi connectivity index (χ4n) is 1.56. The molecule has 2 N–H and O–H groups in total. The van der Waals surface area contributed by atoms with Gasteiger partial charge in [-0.3, -0.25) is 9.71 Å². The van der Waals surface area contributed by atoms with Crippen LogP contribution >= 0.6 is 0 Å². The third kappa shape index (κ3) is 3.14. The smallest absolute Gasteiger partial charge is 0.337 e. The molecule has 0 fully saturated rings. The molecule has 0 atom stereocenters. The van der Waals surface area contributed by atoms with Crippen molar-refractivity contribution in [3.05, 3.63) is 53.9 Å². The van der Waals surface area contributed by atoms with Crippen LogP contribution in [-0.4, -0.2) is 24.5 Å². The van der Waals surface area contributed by atoms with Crippen molar-refractivity contribution in [1.82, 2.24) is 4.98 Å². The number of aromatic nitrogens is 1. The van der Waals surface area contributed by atoms with E-state index < -0.39 is 32.5 Å². The van der Waals surface area contributed by atoms with Crippen LogP contribution in [0.1, 0.15) is 10.4 Å². The highest BCUT2D eigenvalue weighted by Crippen LogP contribution is 2.21. The molecule has 110 valence electrons. The van der Waals surface area contributed by atoms with E-state index >= 15 is 0 Å². The maximum Gasteiger partial charge on any atom is 0.337 e. The number of sulfonamides is 1. The lowest BCUT2D eigenvalue weighted by atomic mass is 10.3. The van der Waals surface area contributed by atoms with Crippen molar-refractivity contribution >= 4 is 21.7 Å². The van der Waals surface area contributed by atoms with Gasteiger partial charge < -0.3 is 5.11 Å². The Hall–Kier alpha value is -2.55. The topological polar surface area (TPSA) is 96.4 Å². The molecule has 0 unspecified atom stereocenters. The Labute approximate surface area is 118 Å². The van der Waals surface area contributed by atoms with Gasteiger partial charge in [0.1, 0.15) is 11.6 Å². The van der Waals surface area contributed by atoms with Gasteiger partial charge >= 0.3 is 5.97 Å². The number of pyridine rings is 1. The summed E-state index contributed by atoms with van der Waals surface area (Å²) in [4.78, 5) is 13.1. The second kappa shape index (κ2) is 5.44. The van der Waals surface area contributed by atoms with Crippen LogP contribution in [0.25, 0.3) is 0 Å². The number of rotatable bonds is 4. The van der Waals surface area contributed by atoms with E-state index in [1.807, 2.05) is 4.72 Å². The summed E-state index contributed by atoms with van der Waals surface area (Å²) in [6, 6.07) is 3.59. The van der Waals surface area contributed by atoms with E-state index in [9.17, 15) is 22.0 Å². The maximum atomic E-state index is 13.5. The first-order valence-corrected chi connectivity index (χ1v) is 6.95. The molecule has 0 bridgehead atoms. The molecule has 21 heavy (non-hydrogen) atoms. The minimum absolute atomic E-state index is 0.224. The molecular formula is C12H8F2N2O4S. The van der Waals surface area contributed by atoms with Crippen LogP contribution in [0.4, 0.5) is 14.5 Å². The lowest BCUT2D eigenvalue weighted by molar-refractivity contribution is 0.0696. The third-order valence-corrected chi connectivity index (χ3v) is 3.86. The molecular weight excluding hydrogens is 306 g/mol. The van der Waals surface area contributed by atoms with Gasteiger partial charge in [-0.1, -0.05) is 6.07 Å². The van der Waals surface area contributed by atoms with Crippen molar-refractivity contribution < 1.29 is 27.1 Å². The first-order valence-electron chi connectivity index (χ1n) is 5.46. The van der Waals surface area contributed by atoms with E-state index in [2.05, 4.69) is 4.98 Å². The largest absolute Gasteiger partial charge is 0.478 e. The number of benzene rings is 1. The van der Waals surface area contributed by atoms with Crippen LogP contribution in [-0.2, 0) is 10.0 Å². The number of nitrogens with zero attached hydrogens (tertiary/aromatic N) is 1. The Balaban J connectivity index is 2.43. The second-order valence-corrected chi connectivity index (χ2v) is 5.54.